The van der Waals surface area contributed by atoms with E-state index in [1.807, 2.05) is 32.0 Å². The zero-order chi connectivity index (χ0) is 14.8. The van der Waals surface area contributed by atoms with E-state index in [0.717, 1.165) is 5.56 Å². The minimum absolute atomic E-state index is 0.00526. The second kappa shape index (κ2) is 5.71. The average Bonchev–Trinajstić information content (AvgIpc) is 2.31. The van der Waals surface area contributed by atoms with Gasteiger partial charge in [-0.2, -0.15) is 0 Å². The van der Waals surface area contributed by atoms with Crippen molar-refractivity contribution in [2.24, 2.45) is 0 Å². The van der Waals surface area contributed by atoms with Crippen molar-refractivity contribution >= 4 is 5.97 Å². The lowest BCUT2D eigenvalue weighted by molar-refractivity contribution is -0.138. The second-order valence-electron chi connectivity index (χ2n) is 5.57. The summed E-state index contributed by atoms with van der Waals surface area (Å²) in [5, 5.41) is 9.07. The molecular formula is C15H20O5. The summed E-state index contributed by atoms with van der Waals surface area (Å²) in [7, 11) is 1.58. The van der Waals surface area contributed by atoms with Crippen molar-refractivity contribution in [2.75, 3.05) is 20.3 Å². The van der Waals surface area contributed by atoms with Gasteiger partial charge in [0.1, 0.15) is 6.10 Å². The van der Waals surface area contributed by atoms with Crippen LogP contribution < -0.4 is 9.47 Å². The summed E-state index contributed by atoms with van der Waals surface area (Å²) in [6, 6.07) is 5.55. The monoisotopic (exact) mass is 280 g/mol. The highest BCUT2D eigenvalue weighted by Gasteiger charge is 2.31. The summed E-state index contributed by atoms with van der Waals surface area (Å²) in [6.45, 7) is 4.88. The first-order chi connectivity index (χ1) is 9.44. The molecule has 0 radical (unpaired) electrons. The Hall–Kier alpha value is -1.75. The van der Waals surface area contributed by atoms with Crippen LogP contribution in [0.25, 0.3) is 0 Å². The molecule has 1 saturated heterocycles. The summed E-state index contributed by atoms with van der Waals surface area (Å²) in [4.78, 5) is 11.1. The lowest BCUT2D eigenvalue weighted by Crippen LogP contribution is -2.39. The molecule has 0 spiro atoms. The van der Waals surface area contributed by atoms with Gasteiger partial charge in [-0.1, -0.05) is 26.0 Å². The maximum atomic E-state index is 11.1. The molecule has 1 aromatic carbocycles. The lowest BCUT2D eigenvalue weighted by atomic mass is 9.81. The molecule has 20 heavy (non-hydrogen) atoms. The molecule has 2 rings (SSSR count). The van der Waals surface area contributed by atoms with E-state index in [2.05, 4.69) is 0 Å². The maximum absolute atomic E-state index is 11.1. The van der Waals surface area contributed by atoms with Crippen molar-refractivity contribution in [3.8, 4) is 11.5 Å². The van der Waals surface area contributed by atoms with Crippen molar-refractivity contribution in [3.63, 3.8) is 0 Å². The highest BCUT2D eigenvalue weighted by atomic mass is 16.6. The van der Waals surface area contributed by atoms with Crippen molar-refractivity contribution in [1.82, 2.24) is 0 Å². The maximum Gasteiger partial charge on any atom is 0.304 e. The number of benzene rings is 1. The largest absolute Gasteiger partial charge is 0.493 e. The van der Waals surface area contributed by atoms with Gasteiger partial charge in [0.05, 0.1) is 26.7 Å². The molecule has 0 aliphatic carbocycles. The molecule has 0 aromatic heterocycles. The fraction of sp³-hybridized carbons (Fsp3) is 0.533. The van der Waals surface area contributed by atoms with Crippen LogP contribution >= 0.6 is 0 Å². The molecule has 0 bridgehead atoms. The molecule has 1 aliphatic heterocycles. The molecule has 1 N–H and O–H groups in total. The summed E-state index contributed by atoms with van der Waals surface area (Å²) < 4.78 is 16.4. The minimum atomic E-state index is -0.837. The van der Waals surface area contributed by atoms with Crippen LogP contribution in [0.4, 0.5) is 0 Å². The number of hydrogen-bond donors (Lipinski definition) is 1. The molecule has 110 valence electrons. The van der Waals surface area contributed by atoms with Gasteiger partial charge in [-0.25, -0.2) is 0 Å². The van der Waals surface area contributed by atoms with Gasteiger partial charge >= 0.3 is 5.97 Å². The Balaban J connectivity index is 2.37. The number of hydrogen-bond acceptors (Lipinski definition) is 4. The van der Waals surface area contributed by atoms with E-state index in [0.29, 0.717) is 24.7 Å². The summed E-state index contributed by atoms with van der Waals surface area (Å²) in [5.41, 5.74) is 0.298. The fourth-order valence-corrected chi connectivity index (χ4v) is 2.25. The predicted octanol–water partition coefficient (Wildman–Crippen LogP) is 2.23. The van der Waals surface area contributed by atoms with E-state index in [1.165, 1.54) is 0 Å². The van der Waals surface area contributed by atoms with Crippen LogP contribution in [-0.4, -0.2) is 37.5 Å². The van der Waals surface area contributed by atoms with Crippen molar-refractivity contribution in [2.45, 2.75) is 31.8 Å². The van der Waals surface area contributed by atoms with Gasteiger partial charge in [0.2, 0.25) is 0 Å². The van der Waals surface area contributed by atoms with Crippen LogP contribution in [0.5, 0.6) is 11.5 Å². The quantitative estimate of drug-likeness (QED) is 0.865. The number of aliphatic carboxylic acids is 1. The molecule has 0 saturated carbocycles. The van der Waals surface area contributed by atoms with E-state index in [-0.39, 0.29) is 12.5 Å². The SMILES string of the molecule is COc1cccc(C(C)(C)CC(=O)O)c1OC1COC1. The molecule has 1 aromatic rings. The van der Waals surface area contributed by atoms with E-state index >= 15 is 0 Å². The Morgan fingerprint density at radius 1 is 1.45 bits per heavy atom. The zero-order valence-corrected chi connectivity index (χ0v) is 12.0. The number of ether oxygens (including phenoxy) is 3. The third-order valence-electron chi connectivity index (χ3n) is 3.41. The van der Waals surface area contributed by atoms with Crippen LogP contribution in [-0.2, 0) is 14.9 Å². The third-order valence-corrected chi connectivity index (χ3v) is 3.41. The topological polar surface area (TPSA) is 65.0 Å². The van der Waals surface area contributed by atoms with Crippen LogP contribution in [0, 0.1) is 0 Å². The van der Waals surface area contributed by atoms with Crippen molar-refractivity contribution < 1.29 is 24.1 Å². The van der Waals surface area contributed by atoms with Crippen LogP contribution in [0.3, 0.4) is 0 Å². The van der Waals surface area contributed by atoms with Gasteiger partial charge < -0.3 is 19.3 Å². The lowest BCUT2D eigenvalue weighted by Gasteiger charge is -2.32. The molecular weight excluding hydrogens is 260 g/mol. The normalized spacial score (nSPS) is 15.6. The number of para-hydroxylation sites is 1. The summed E-state index contributed by atoms with van der Waals surface area (Å²) in [6.07, 6.45) is 0.0307. The zero-order valence-electron chi connectivity index (χ0n) is 12.0. The van der Waals surface area contributed by atoms with Crippen molar-refractivity contribution in [3.05, 3.63) is 23.8 Å². The van der Waals surface area contributed by atoms with Gasteiger partial charge in [0, 0.05) is 11.0 Å². The summed E-state index contributed by atoms with van der Waals surface area (Å²) in [5.74, 6) is 0.401. The molecule has 5 heteroatoms. The number of carboxylic acid groups (broad SMARTS) is 1. The van der Waals surface area contributed by atoms with Crippen LogP contribution in [0.1, 0.15) is 25.8 Å². The Morgan fingerprint density at radius 2 is 2.15 bits per heavy atom. The number of carboxylic acids is 1. The molecule has 1 fully saturated rings. The molecule has 0 amide bonds. The molecule has 5 nitrogen and oxygen atoms in total. The summed E-state index contributed by atoms with van der Waals surface area (Å²) >= 11 is 0. The Labute approximate surface area is 118 Å². The van der Waals surface area contributed by atoms with Gasteiger partial charge in [0.15, 0.2) is 11.5 Å². The average molecular weight is 280 g/mol. The first-order valence-corrected chi connectivity index (χ1v) is 6.57. The first-order valence-electron chi connectivity index (χ1n) is 6.57. The first kappa shape index (κ1) is 14.7. The van der Waals surface area contributed by atoms with Crippen molar-refractivity contribution in [1.29, 1.82) is 0 Å². The second-order valence-corrected chi connectivity index (χ2v) is 5.57. The Kier molecular flexibility index (Phi) is 4.18. The van der Waals surface area contributed by atoms with E-state index in [9.17, 15) is 4.79 Å². The van der Waals surface area contributed by atoms with Gasteiger partial charge in [-0.05, 0) is 6.07 Å². The van der Waals surface area contributed by atoms with E-state index in [1.54, 1.807) is 7.11 Å². The minimum Gasteiger partial charge on any atom is -0.493 e. The predicted molar refractivity (Wildman–Crippen MR) is 73.5 cm³/mol. The molecule has 0 atom stereocenters. The molecule has 1 heterocycles. The van der Waals surface area contributed by atoms with Crippen LogP contribution in [0.2, 0.25) is 0 Å². The molecule has 0 unspecified atom stereocenters. The highest BCUT2D eigenvalue weighted by Crippen LogP contribution is 2.41. The number of methoxy groups -OCH3 is 1. The standard InChI is InChI=1S/C15H20O5/c1-15(2,7-13(16)17)11-5-4-6-12(18-3)14(11)20-10-8-19-9-10/h4-6,10H,7-9H2,1-3H3,(H,16,17). The number of rotatable bonds is 6. The highest BCUT2D eigenvalue weighted by molar-refractivity contribution is 5.69. The van der Waals surface area contributed by atoms with Gasteiger partial charge in [0.25, 0.3) is 0 Å². The fourth-order valence-electron chi connectivity index (χ4n) is 2.25. The Bertz CT molecular complexity index is 491. The molecule has 1 aliphatic rings. The number of carbonyl (C=O) groups is 1. The smallest absolute Gasteiger partial charge is 0.304 e. The van der Waals surface area contributed by atoms with E-state index < -0.39 is 11.4 Å². The Morgan fingerprint density at radius 3 is 2.65 bits per heavy atom. The van der Waals surface area contributed by atoms with Gasteiger partial charge in [-0.15, -0.1) is 0 Å². The van der Waals surface area contributed by atoms with Crippen LogP contribution in [0.15, 0.2) is 18.2 Å². The van der Waals surface area contributed by atoms with Gasteiger partial charge in [-0.3, -0.25) is 4.79 Å². The van der Waals surface area contributed by atoms with E-state index in [4.69, 9.17) is 19.3 Å². The third kappa shape index (κ3) is 3.04.